The zero-order valence-corrected chi connectivity index (χ0v) is 14.9. The Labute approximate surface area is 128 Å². The summed E-state index contributed by atoms with van der Waals surface area (Å²) in [6.07, 6.45) is 2.98. The Bertz CT molecular complexity index is 494. The first-order valence-electron chi connectivity index (χ1n) is 7.34. The van der Waals surface area contributed by atoms with Gasteiger partial charge in [0.05, 0.1) is 29.0 Å². The summed E-state index contributed by atoms with van der Waals surface area (Å²) in [7, 11) is 0. The minimum Gasteiger partial charge on any atom is -0.453 e. The third-order valence-corrected chi connectivity index (χ3v) is 3.30. The fourth-order valence-electron chi connectivity index (χ4n) is 2.32. The molecule has 1 heterocycles. The van der Waals surface area contributed by atoms with Gasteiger partial charge >= 0.3 is 12.0 Å². The van der Waals surface area contributed by atoms with E-state index in [0.29, 0.717) is 5.95 Å². The number of carboxylic acid groups (broad SMARTS) is 1. The van der Waals surface area contributed by atoms with Crippen LogP contribution in [0.2, 0.25) is 0 Å². The van der Waals surface area contributed by atoms with Crippen molar-refractivity contribution in [2.45, 2.75) is 78.9 Å². The first-order valence-corrected chi connectivity index (χ1v) is 7.34. The molecule has 0 bridgehead atoms. The van der Waals surface area contributed by atoms with Gasteiger partial charge in [-0.05, 0) is 62.3 Å². The Hall–Kier alpha value is -1.52. The summed E-state index contributed by atoms with van der Waals surface area (Å²) in [4.78, 5) is 13.4. The lowest BCUT2D eigenvalue weighted by Gasteiger charge is -2.32. The second-order valence-electron chi connectivity index (χ2n) is 8.47. The molecule has 0 spiro atoms. The molecule has 0 radical (unpaired) electrons. The fraction of sp³-hybridized carbons (Fsp3) is 0.750. The molecule has 1 amide bonds. The van der Waals surface area contributed by atoms with E-state index in [4.69, 9.17) is 0 Å². The van der Waals surface area contributed by atoms with Crippen molar-refractivity contribution < 1.29 is 14.5 Å². The Morgan fingerprint density at radius 3 is 1.86 bits per heavy atom. The molecule has 1 N–H and O–H groups in total. The van der Waals surface area contributed by atoms with Crippen LogP contribution in [0.25, 0.3) is 0 Å². The highest BCUT2D eigenvalue weighted by Crippen LogP contribution is 2.28. The van der Waals surface area contributed by atoms with Crippen LogP contribution in [0.4, 0.5) is 10.7 Å². The second kappa shape index (κ2) is 5.04. The molecule has 0 aliphatic carbocycles. The van der Waals surface area contributed by atoms with Crippen LogP contribution in [0.1, 0.15) is 62.3 Å². The summed E-state index contributed by atoms with van der Waals surface area (Å²) < 4.78 is 4.05. The van der Waals surface area contributed by atoms with Gasteiger partial charge in [0.2, 0.25) is 0 Å². The van der Waals surface area contributed by atoms with Gasteiger partial charge in [-0.1, -0.05) is 0 Å². The van der Waals surface area contributed by atoms with Gasteiger partial charge in [-0.2, -0.15) is 4.90 Å². The van der Waals surface area contributed by atoms with Gasteiger partial charge in [-0.25, -0.2) is 13.9 Å². The maximum Gasteiger partial charge on any atom is 0.476 e. The molecule has 0 aromatic carbocycles. The van der Waals surface area contributed by atoms with Gasteiger partial charge in [0.15, 0.2) is 0 Å². The smallest absolute Gasteiger partial charge is 0.453 e. The third-order valence-electron chi connectivity index (χ3n) is 3.30. The summed E-state index contributed by atoms with van der Waals surface area (Å²) >= 11 is 0. The topological polar surface area (TPSA) is 49.4 Å². The second-order valence-corrected chi connectivity index (χ2v) is 8.47. The van der Waals surface area contributed by atoms with Crippen LogP contribution in [0.15, 0.2) is 12.4 Å². The lowest BCUT2D eigenvalue weighted by atomic mass is 10.1. The number of nitrogens with zero attached hydrogens (tertiary/aromatic N) is 3. The average molecular weight is 296 g/mol. The molecule has 0 saturated heterocycles. The molecule has 5 nitrogen and oxygen atoms in total. The van der Waals surface area contributed by atoms with E-state index in [1.54, 1.807) is 0 Å². The first-order chi connectivity index (χ1) is 9.17. The number of aromatic nitrogens is 2. The molecule has 0 saturated carbocycles. The third kappa shape index (κ3) is 3.57. The molecule has 120 valence electrons. The summed E-state index contributed by atoms with van der Waals surface area (Å²) in [5, 5.41) is 9.76. The van der Waals surface area contributed by atoms with Crippen molar-refractivity contribution in [3.63, 3.8) is 0 Å². The van der Waals surface area contributed by atoms with Gasteiger partial charge in [-0.3, -0.25) is 0 Å². The maximum absolute atomic E-state index is 11.9. The van der Waals surface area contributed by atoms with Crippen LogP contribution in [0.5, 0.6) is 0 Å². The predicted octanol–water partition coefficient (Wildman–Crippen LogP) is 3.57. The van der Waals surface area contributed by atoms with Crippen molar-refractivity contribution >= 4 is 12.0 Å². The van der Waals surface area contributed by atoms with Crippen LogP contribution < -0.4 is 9.47 Å². The number of imidazole rings is 1. The Kier molecular flexibility index (Phi) is 4.21. The molecule has 0 aliphatic heterocycles. The normalized spacial score (nSPS) is 13.4. The van der Waals surface area contributed by atoms with Crippen molar-refractivity contribution in [3.8, 4) is 0 Å². The lowest BCUT2D eigenvalue weighted by Crippen LogP contribution is -2.58. The molecule has 0 aliphatic rings. The Morgan fingerprint density at radius 2 is 1.57 bits per heavy atom. The van der Waals surface area contributed by atoms with E-state index in [2.05, 4.69) is 41.5 Å². The van der Waals surface area contributed by atoms with Gasteiger partial charge in [0.1, 0.15) is 0 Å². The van der Waals surface area contributed by atoms with Gasteiger partial charge in [0, 0.05) is 0 Å². The molecular formula is C16H30N3O2+. The van der Waals surface area contributed by atoms with E-state index >= 15 is 0 Å². The quantitative estimate of drug-likeness (QED) is 0.805. The number of anilines is 1. The summed E-state index contributed by atoms with van der Waals surface area (Å²) in [5.41, 5.74) is -0.935. The molecule has 1 aromatic heterocycles. The minimum absolute atomic E-state index is 0.204. The summed E-state index contributed by atoms with van der Waals surface area (Å²) in [5.74, 6) is 0.690. The number of hydrogen-bond acceptors (Lipinski definition) is 1. The molecule has 0 fully saturated rings. The van der Waals surface area contributed by atoms with Crippen molar-refractivity contribution in [2.24, 2.45) is 0 Å². The molecule has 0 unspecified atom stereocenters. The highest BCUT2D eigenvalue weighted by molar-refractivity contribution is 5.84. The maximum atomic E-state index is 11.9. The SMILES string of the molecule is CC(C)(C)N(C(=O)O)c1n(C(C)(C)C)cc[n+]1C(C)(C)C. The largest absolute Gasteiger partial charge is 0.476 e. The van der Waals surface area contributed by atoms with Crippen molar-refractivity contribution in [1.29, 1.82) is 0 Å². The van der Waals surface area contributed by atoms with Crippen molar-refractivity contribution in [2.75, 3.05) is 4.90 Å². The van der Waals surface area contributed by atoms with Gasteiger partial charge < -0.3 is 5.11 Å². The van der Waals surface area contributed by atoms with Crippen molar-refractivity contribution in [1.82, 2.24) is 4.57 Å². The summed E-state index contributed by atoms with van der Waals surface area (Å²) in [6, 6.07) is 0. The molecule has 1 rings (SSSR count). The number of carbonyl (C=O) groups is 1. The minimum atomic E-state index is -0.940. The zero-order chi connectivity index (χ0) is 16.8. The predicted molar refractivity (Wildman–Crippen MR) is 84.9 cm³/mol. The van der Waals surface area contributed by atoms with E-state index in [1.807, 2.05) is 42.3 Å². The van der Waals surface area contributed by atoms with E-state index in [9.17, 15) is 9.90 Å². The summed E-state index contributed by atoms with van der Waals surface area (Å²) in [6.45, 7) is 18.2. The van der Waals surface area contributed by atoms with Crippen LogP contribution in [0, 0.1) is 0 Å². The van der Waals surface area contributed by atoms with Crippen LogP contribution in [-0.2, 0) is 11.1 Å². The van der Waals surface area contributed by atoms with Gasteiger partial charge in [0.25, 0.3) is 0 Å². The van der Waals surface area contributed by atoms with Crippen molar-refractivity contribution in [3.05, 3.63) is 12.4 Å². The molecule has 1 aromatic rings. The molecule has 5 heteroatoms. The number of hydrogen-bond donors (Lipinski definition) is 1. The standard InChI is InChI=1S/C16H29N3O2/c1-14(2,3)17-10-11-18(15(4,5)6)12(17)19(13(20)21)16(7,8)9/h10-11H,1-9H3/p+1. The van der Waals surface area contributed by atoms with E-state index in [-0.39, 0.29) is 11.1 Å². The highest BCUT2D eigenvalue weighted by atomic mass is 16.4. The molecule has 0 atom stereocenters. The monoisotopic (exact) mass is 296 g/mol. The number of amides is 1. The average Bonchev–Trinajstić information content (AvgIpc) is 2.56. The van der Waals surface area contributed by atoms with Crippen LogP contribution in [-0.4, -0.2) is 21.3 Å². The lowest BCUT2D eigenvalue weighted by molar-refractivity contribution is -0.742. The Morgan fingerprint density at radius 1 is 1.10 bits per heavy atom. The van der Waals surface area contributed by atoms with Crippen LogP contribution >= 0.6 is 0 Å². The first kappa shape index (κ1) is 17.5. The van der Waals surface area contributed by atoms with Gasteiger partial charge in [-0.15, -0.1) is 0 Å². The number of rotatable bonds is 1. The molecular weight excluding hydrogens is 266 g/mol. The molecule has 21 heavy (non-hydrogen) atoms. The van der Waals surface area contributed by atoms with E-state index in [1.165, 1.54) is 4.90 Å². The Balaban J connectivity index is 3.71. The zero-order valence-electron chi connectivity index (χ0n) is 14.9. The van der Waals surface area contributed by atoms with E-state index in [0.717, 1.165) is 0 Å². The van der Waals surface area contributed by atoms with E-state index < -0.39 is 11.6 Å². The fourth-order valence-corrected chi connectivity index (χ4v) is 2.32. The van der Waals surface area contributed by atoms with Crippen LogP contribution in [0.3, 0.4) is 0 Å². The highest BCUT2D eigenvalue weighted by Gasteiger charge is 2.43.